The highest BCUT2D eigenvalue weighted by Crippen LogP contribution is 2.38. The fourth-order valence-corrected chi connectivity index (χ4v) is 4.08. The number of aryl methyl sites for hydroxylation is 2. The summed E-state index contributed by atoms with van der Waals surface area (Å²) in [6, 6.07) is 0. The number of nitrogens with two attached hydrogens (primary N) is 1. The van der Waals surface area contributed by atoms with Gasteiger partial charge < -0.3 is 10.5 Å². The monoisotopic (exact) mass is 277 g/mol. The average Bonchev–Trinajstić information content (AvgIpc) is 2.78. The summed E-state index contributed by atoms with van der Waals surface area (Å²) < 4.78 is 5.42. The topological polar surface area (TPSA) is 61.0 Å². The molecule has 4 nitrogen and oxygen atoms in total. The summed E-state index contributed by atoms with van der Waals surface area (Å²) in [5.74, 6) is 1.34. The van der Waals surface area contributed by atoms with Crippen molar-refractivity contribution < 1.29 is 4.74 Å². The second kappa shape index (κ2) is 5.06. The van der Waals surface area contributed by atoms with Crippen LogP contribution < -0.4 is 5.73 Å². The molecule has 19 heavy (non-hydrogen) atoms. The molecule has 1 unspecified atom stereocenters. The van der Waals surface area contributed by atoms with Crippen molar-refractivity contribution in [3.8, 4) is 0 Å². The largest absolute Gasteiger partial charge is 0.383 e. The van der Waals surface area contributed by atoms with Crippen molar-refractivity contribution in [2.24, 2.45) is 0 Å². The molecule has 5 heteroatoms. The summed E-state index contributed by atoms with van der Waals surface area (Å²) in [5, 5.41) is 1.09. The van der Waals surface area contributed by atoms with Crippen molar-refractivity contribution in [1.82, 2.24) is 9.97 Å². The van der Waals surface area contributed by atoms with Gasteiger partial charge in [0.15, 0.2) is 5.82 Å². The fourth-order valence-electron chi connectivity index (χ4n) is 2.80. The number of fused-ring (bicyclic) bond motifs is 3. The number of hydrogen-bond donors (Lipinski definition) is 1. The lowest BCUT2D eigenvalue weighted by atomic mass is 9.97. The van der Waals surface area contributed by atoms with Gasteiger partial charge in [-0.3, -0.25) is 0 Å². The van der Waals surface area contributed by atoms with Crippen molar-refractivity contribution in [2.45, 2.75) is 45.1 Å². The van der Waals surface area contributed by atoms with Crippen LogP contribution in [-0.4, -0.2) is 17.1 Å². The number of hydrogen-bond acceptors (Lipinski definition) is 5. The molecule has 2 aromatic rings. The standard InChI is InChI=1S/C14H19N3OS/c1-3-9(18-2)13-16-12(15)11-8-6-4-5-7-10(8)19-14(11)17-13/h9H,3-7H2,1-2H3,(H2,15,16,17). The van der Waals surface area contributed by atoms with Crippen LogP contribution in [0, 0.1) is 0 Å². The maximum atomic E-state index is 6.17. The number of thiophene rings is 1. The zero-order chi connectivity index (χ0) is 13.4. The smallest absolute Gasteiger partial charge is 0.161 e. The number of ether oxygens (including phenoxy) is 1. The Morgan fingerprint density at radius 3 is 2.84 bits per heavy atom. The zero-order valence-electron chi connectivity index (χ0n) is 11.4. The molecule has 2 aromatic heterocycles. The zero-order valence-corrected chi connectivity index (χ0v) is 12.2. The second-order valence-electron chi connectivity index (χ2n) is 4.99. The lowest BCUT2D eigenvalue weighted by Gasteiger charge is -2.13. The number of anilines is 1. The molecular weight excluding hydrogens is 258 g/mol. The van der Waals surface area contributed by atoms with E-state index in [1.54, 1.807) is 18.4 Å². The molecule has 0 saturated heterocycles. The maximum absolute atomic E-state index is 6.17. The highest BCUT2D eigenvalue weighted by atomic mass is 32.1. The van der Waals surface area contributed by atoms with Gasteiger partial charge in [-0.25, -0.2) is 9.97 Å². The number of nitrogen functional groups attached to an aromatic ring is 1. The maximum Gasteiger partial charge on any atom is 0.161 e. The van der Waals surface area contributed by atoms with Crippen LogP contribution in [-0.2, 0) is 17.6 Å². The van der Waals surface area contributed by atoms with Gasteiger partial charge in [0, 0.05) is 12.0 Å². The van der Waals surface area contributed by atoms with E-state index in [-0.39, 0.29) is 6.10 Å². The van der Waals surface area contributed by atoms with E-state index in [2.05, 4.69) is 16.9 Å². The lowest BCUT2D eigenvalue weighted by molar-refractivity contribution is 0.0930. The normalized spacial score (nSPS) is 16.5. The van der Waals surface area contributed by atoms with E-state index in [9.17, 15) is 0 Å². The summed E-state index contributed by atoms with van der Waals surface area (Å²) >= 11 is 1.78. The van der Waals surface area contributed by atoms with E-state index in [1.165, 1.54) is 23.3 Å². The summed E-state index contributed by atoms with van der Waals surface area (Å²) in [6.07, 6.45) is 5.58. The molecule has 1 atom stereocenters. The Bertz CT molecular complexity index is 604. The van der Waals surface area contributed by atoms with Gasteiger partial charge in [-0.15, -0.1) is 11.3 Å². The number of nitrogens with zero attached hydrogens (tertiary/aromatic N) is 2. The van der Waals surface area contributed by atoms with Gasteiger partial charge >= 0.3 is 0 Å². The third kappa shape index (κ3) is 2.11. The summed E-state index contributed by atoms with van der Waals surface area (Å²) in [5.41, 5.74) is 7.56. The van der Waals surface area contributed by atoms with Crippen molar-refractivity contribution in [1.29, 1.82) is 0 Å². The van der Waals surface area contributed by atoms with Crippen molar-refractivity contribution >= 4 is 27.4 Å². The summed E-state index contributed by atoms with van der Waals surface area (Å²) in [6.45, 7) is 2.07. The van der Waals surface area contributed by atoms with Crippen LogP contribution in [0.4, 0.5) is 5.82 Å². The van der Waals surface area contributed by atoms with E-state index < -0.39 is 0 Å². The molecular formula is C14H19N3OS. The number of aromatic nitrogens is 2. The number of rotatable bonds is 3. The van der Waals surface area contributed by atoms with Gasteiger partial charge in [0.25, 0.3) is 0 Å². The van der Waals surface area contributed by atoms with Gasteiger partial charge in [-0.05, 0) is 37.7 Å². The van der Waals surface area contributed by atoms with Gasteiger partial charge in [-0.1, -0.05) is 6.92 Å². The summed E-state index contributed by atoms with van der Waals surface area (Å²) in [4.78, 5) is 11.6. The van der Waals surface area contributed by atoms with E-state index in [4.69, 9.17) is 10.5 Å². The minimum atomic E-state index is -0.0640. The molecule has 0 radical (unpaired) electrons. The van der Waals surface area contributed by atoms with Crippen molar-refractivity contribution in [3.05, 3.63) is 16.3 Å². The van der Waals surface area contributed by atoms with Gasteiger partial charge in [0.1, 0.15) is 16.8 Å². The Morgan fingerprint density at radius 1 is 1.32 bits per heavy atom. The molecule has 0 fully saturated rings. The molecule has 1 aliphatic carbocycles. The van der Waals surface area contributed by atoms with Crippen LogP contribution in [0.5, 0.6) is 0 Å². The third-order valence-electron chi connectivity index (χ3n) is 3.80. The molecule has 0 amide bonds. The molecule has 2 N–H and O–H groups in total. The minimum absolute atomic E-state index is 0.0640. The van der Waals surface area contributed by atoms with Crippen LogP contribution in [0.1, 0.15) is 48.6 Å². The molecule has 0 bridgehead atoms. The average molecular weight is 277 g/mol. The van der Waals surface area contributed by atoms with Gasteiger partial charge in [0.05, 0.1) is 5.39 Å². The lowest BCUT2D eigenvalue weighted by Crippen LogP contribution is -2.08. The highest BCUT2D eigenvalue weighted by molar-refractivity contribution is 7.19. The second-order valence-corrected chi connectivity index (χ2v) is 6.07. The van der Waals surface area contributed by atoms with Crippen LogP contribution in [0.25, 0.3) is 10.2 Å². The Balaban J connectivity index is 2.16. The van der Waals surface area contributed by atoms with Gasteiger partial charge in [-0.2, -0.15) is 0 Å². The van der Waals surface area contributed by atoms with Crippen molar-refractivity contribution in [2.75, 3.05) is 12.8 Å². The third-order valence-corrected chi connectivity index (χ3v) is 4.99. The first-order valence-electron chi connectivity index (χ1n) is 6.85. The van der Waals surface area contributed by atoms with Crippen molar-refractivity contribution in [3.63, 3.8) is 0 Å². The molecule has 1 aliphatic rings. The quantitative estimate of drug-likeness (QED) is 0.935. The minimum Gasteiger partial charge on any atom is -0.383 e. The van der Waals surface area contributed by atoms with Crippen LogP contribution in [0.15, 0.2) is 0 Å². The number of methoxy groups -OCH3 is 1. The molecule has 102 valence electrons. The van der Waals surface area contributed by atoms with E-state index in [0.717, 1.165) is 29.5 Å². The molecule has 3 rings (SSSR count). The first kappa shape index (κ1) is 12.8. The Hall–Kier alpha value is -1.20. The Kier molecular flexibility index (Phi) is 3.41. The van der Waals surface area contributed by atoms with Crippen LogP contribution in [0.2, 0.25) is 0 Å². The van der Waals surface area contributed by atoms with Crippen LogP contribution in [0.3, 0.4) is 0 Å². The molecule has 2 heterocycles. The Labute approximate surface area is 117 Å². The first-order chi connectivity index (χ1) is 9.24. The molecule has 0 aliphatic heterocycles. The summed E-state index contributed by atoms with van der Waals surface area (Å²) in [7, 11) is 1.69. The fraction of sp³-hybridized carbons (Fsp3) is 0.571. The first-order valence-corrected chi connectivity index (χ1v) is 7.66. The van der Waals surface area contributed by atoms with Crippen LogP contribution >= 0.6 is 11.3 Å². The van der Waals surface area contributed by atoms with E-state index in [0.29, 0.717) is 11.6 Å². The molecule has 0 saturated carbocycles. The highest BCUT2D eigenvalue weighted by Gasteiger charge is 2.21. The van der Waals surface area contributed by atoms with Gasteiger partial charge in [0.2, 0.25) is 0 Å². The Morgan fingerprint density at radius 2 is 2.11 bits per heavy atom. The predicted octanol–water partition coefficient (Wildman–Crippen LogP) is 3.25. The predicted molar refractivity (Wildman–Crippen MR) is 78.5 cm³/mol. The molecule has 0 aromatic carbocycles. The van der Waals surface area contributed by atoms with E-state index >= 15 is 0 Å². The van der Waals surface area contributed by atoms with E-state index in [1.807, 2.05) is 0 Å². The molecule has 0 spiro atoms. The SMILES string of the molecule is CCC(OC)c1nc(N)c2c3c(sc2n1)CCCC3.